The van der Waals surface area contributed by atoms with Gasteiger partial charge in [-0.1, -0.05) is 162 Å². The van der Waals surface area contributed by atoms with Gasteiger partial charge in [-0.25, -0.2) is 0 Å². The smallest absolute Gasteiger partial charge is 0.152 e. The Morgan fingerprint density at radius 2 is 1.00 bits per heavy atom. The molecule has 4 nitrogen and oxygen atoms in total. The first-order valence-corrected chi connectivity index (χ1v) is 15.1. The molecule has 4 rings (SSSR count). The Hall–Kier alpha value is -4.32. The molecule has 2 unspecified atom stereocenters. The van der Waals surface area contributed by atoms with Crippen molar-refractivity contribution in [1.29, 1.82) is 0 Å². The average molecular weight is 655 g/mol. The van der Waals surface area contributed by atoms with E-state index in [0.717, 1.165) is 30.4 Å². The lowest BCUT2D eigenvalue weighted by Crippen LogP contribution is -2.00. The summed E-state index contributed by atoms with van der Waals surface area (Å²) in [4.78, 5) is 21.1. The Morgan fingerprint density at radius 3 is 1.35 bits per heavy atom. The first kappa shape index (κ1) is 50.5. The molecule has 0 bridgehead atoms. The van der Waals surface area contributed by atoms with E-state index in [1.165, 1.54) is 11.1 Å². The molecule has 2 atom stereocenters. The number of benzene rings is 4. The fourth-order valence-corrected chi connectivity index (χ4v) is 3.58. The number of carbonyl (C=O) groups excluding carboxylic acids is 2. The molecule has 0 aromatic heterocycles. The lowest BCUT2D eigenvalue weighted by atomic mass is 10.1. The number of carbonyl (C=O) groups is 2. The zero-order valence-electron chi connectivity index (χ0n) is 27.1. The molecule has 0 spiro atoms. The van der Waals surface area contributed by atoms with E-state index in [-0.39, 0.29) is 55.9 Å². The molecule has 0 aliphatic heterocycles. The van der Waals surface area contributed by atoms with Gasteiger partial charge in [-0.2, -0.15) is 0 Å². The van der Waals surface area contributed by atoms with Crippen LogP contribution in [0.25, 0.3) is 12.2 Å². The van der Waals surface area contributed by atoms with Gasteiger partial charge in [0, 0.05) is 16.3 Å². The summed E-state index contributed by atoms with van der Waals surface area (Å²) >= 11 is 0. The minimum Gasteiger partial charge on any atom is -0.393 e. The van der Waals surface area contributed by atoms with Gasteiger partial charge in [-0.3, -0.25) is 4.79 Å². The number of aryl methyl sites for hydroxylation is 2. The number of ketones is 2. The van der Waals surface area contributed by atoms with Gasteiger partial charge in [0.1, 0.15) is 5.78 Å². The summed E-state index contributed by atoms with van der Waals surface area (Å²) in [5, 5.41) is 17.9. The molecule has 0 amide bonds. The van der Waals surface area contributed by atoms with Crippen LogP contribution in [0.2, 0.25) is 0 Å². The van der Waals surface area contributed by atoms with Crippen molar-refractivity contribution in [1.82, 2.24) is 0 Å². The van der Waals surface area contributed by atoms with E-state index in [9.17, 15) is 9.59 Å². The molecule has 0 fully saturated rings. The molecule has 48 heavy (non-hydrogen) atoms. The van der Waals surface area contributed by atoms with E-state index in [1.54, 1.807) is 32.9 Å². The molecule has 0 saturated carbocycles. The van der Waals surface area contributed by atoms with Crippen LogP contribution in [0.15, 0.2) is 133 Å². The maximum absolute atomic E-state index is 10.6. The van der Waals surface area contributed by atoms with Crippen LogP contribution in [0.3, 0.4) is 0 Å². The minimum atomic E-state index is -0.366. The predicted octanol–water partition coefficient (Wildman–Crippen LogP) is 10.4. The van der Waals surface area contributed by atoms with E-state index < -0.39 is 0 Å². The van der Waals surface area contributed by atoms with Crippen LogP contribution in [0.4, 0.5) is 0 Å². The van der Waals surface area contributed by atoms with Crippen LogP contribution in [0.5, 0.6) is 0 Å². The molecule has 3 radical (unpaired) electrons. The van der Waals surface area contributed by atoms with Crippen molar-refractivity contribution in [3.8, 4) is 0 Å². The van der Waals surface area contributed by atoms with Crippen molar-refractivity contribution in [2.45, 2.75) is 87.9 Å². The van der Waals surface area contributed by atoms with Crippen molar-refractivity contribution in [2.24, 2.45) is 0 Å². The Bertz CT molecular complexity index is 1340. The maximum atomic E-state index is 10.6. The van der Waals surface area contributed by atoms with Crippen molar-refractivity contribution in [3.05, 3.63) is 156 Å². The van der Waals surface area contributed by atoms with E-state index in [2.05, 4.69) is 12.1 Å². The van der Waals surface area contributed by atoms with Gasteiger partial charge in [0.15, 0.2) is 5.78 Å². The first-order valence-electron chi connectivity index (χ1n) is 15.1. The highest BCUT2D eigenvalue weighted by molar-refractivity contribution is 5.91. The van der Waals surface area contributed by atoms with Crippen LogP contribution in [-0.2, 0) is 22.4 Å². The highest BCUT2D eigenvalue weighted by Gasteiger charge is 1.96. The second kappa shape index (κ2) is 32.6. The topological polar surface area (TPSA) is 74.6 Å². The van der Waals surface area contributed by atoms with Crippen molar-refractivity contribution in [2.75, 3.05) is 0 Å². The van der Waals surface area contributed by atoms with Gasteiger partial charge in [-0.15, -0.1) is 0 Å². The number of allylic oxidation sites excluding steroid dienone is 1. The van der Waals surface area contributed by atoms with Gasteiger partial charge in [0.2, 0.25) is 0 Å². The van der Waals surface area contributed by atoms with Crippen molar-refractivity contribution < 1.29 is 21.2 Å². The maximum Gasteiger partial charge on any atom is 0.152 e. The average Bonchev–Trinajstić information content (AvgIpc) is 3.04. The molecule has 0 saturated heterocycles. The number of aliphatic hydroxyl groups is 2. The van der Waals surface area contributed by atoms with E-state index >= 15 is 0 Å². The van der Waals surface area contributed by atoms with Crippen LogP contribution in [0.1, 0.15) is 86.5 Å². The lowest BCUT2D eigenvalue weighted by Gasteiger charge is -2.02. The van der Waals surface area contributed by atoms with Crippen LogP contribution < -0.4 is 0 Å². The van der Waals surface area contributed by atoms with Crippen LogP contribution in [-0.4, -0.2) is 42.4 Å². The van der Waals surface area contributed by atoms with Gasteiger partial charge in [0.25, 0.3) is 0 Å². The quantitative estimate of drug-likeness (QED) is 0.132. The molecule has 2 N–H and O–H groups in total. The fourth-order valence-electron chi connectivity index (χ4n) is 3.58. The number of Topliss-reactive ketones (excluding diaryl/α,β-unsaturated/α-hetero) is 1. The van der Waals surface area contributed by atoms with Gasteiger partial charge >= 0.3 is 0 Å². The third-order valence-corrected chi connectivity index (χ3v) is 5.98. The normalized spacial score (nSPS) is 10.6. The van der Waals surface area contributed by atoms with Gasteiger partial charge in [-0.05, 0) is 75.3 Å². The van der Waals surface area contributed by atoms with E-state index in [1.807, 2.05) is 128 Å². The Morgan fingerprint density at radius 1 is 0.625 bits per heavy atom. The number of hydrogen-bond donors (Lipinski definition) is 2. The fraction of sp³-hybridized carbons (Fsp3) is 0.302. The van der Waals surface area contributed by atoms with Crippen molar-refractivity contribution >= 4 is 32.1 Å². The SMILES string of the molecule is C.C.C.CC(=O)/C=C/c1ccccc1.CC(=O)CCc1ccccc1.CC(O)/C=C/c1ccccc1.CC(O)CCc1ccccc1.[2HH].[B]. The summed E-state index contributed by atoms with van der Waals surface area (Å²) in [7, 11) is 0. The lowest BCUT2D eigenvalue weighted by molar-refractivity contribution is -0.117. The van der Waals surface area contributed by atoms with Crippen LogP contribution in [0, 0.1) is 0 Å². The zero-order valence-corrected chi connectivity index (χ0v) is 27.1. The molecule has 261 valence electrons. The molecule has 4 aromatic carbocycles. The standard InChI is InChI=1S/C10H14O.2C10H12O.C10H10O.3CH4.B.H2/c4*1-9(11)7-8-10-5-3-2-4-6-10;;;;;/h2-6,9,11H,7-8H2,1H3;2-6H,7-8H2,1H3;2-9,11H,1H3;2-8H,1H3;3*1H4;;1H/b;;2*8-7+;;;;;/i;;;;;;;;1+1. The second-order valence-electron chi connectivity index (χ2n) is 10.4. The number of rotatable bonds is 10. The third-order valence-electron chi connectivity index (χ3n) is 5.98. The van der Waals surface area contributed by atoms with Crippen molar-refractivity contribution in [3.63, 3.8) is 0 Å². The summed E-state index contributed by atoms with van der Waals surface area (Å²) in [5.74, 6) is 0.336. The molecule has 5 heteroatoms. The highest BCUT2D eigenvalue weighted by Crippen LogP contribution is 2.05. The van der Waals surface area contributed by atoms with E-state index in [4.69, 9.17) is 10.2 Å². The Kier molecular flexibility index (Phi) is 34.3. The Labute approximate surface area is 296 Å². The van der Waals surface area contributed by atoms with Gasteiger partial charge in [0.05, 0.1) is 12.2 Å². The Balaban J connectivity index is -0.000000170. The van der Waals surface area contributed by atoms with Gasteiger partial charge < -0.3 is 15.0 Å². The number of hydrogen-bond acceptors (Lipinski definition) is 4. The molecule has 0 aliphatic rings. The first-order chi connectivity index (χ1) is 21.2. The molecule has 4 aromatic rings. The second-order valence-corrected chi connectivity index (χ2v) is 10.4. The summed E-state index contributed by atoms with van der Waals surface area (Å²) in [6.45, 7) is 6.73. The zero-order chi connectivity index (χ0) is 32.4. The summed E-state index contributed by atoms with van der Waals surface area (Å²) in [6.07, 6.45) is 9.84. The summed E-state index contributed by atoms with van der Waals surface area (Å²) in [6, 6.07) is 40.0. The third kappa shape index (κ3) is 30.3. The van der Waals surface area contributed by atoms with E-state index in [0.29, 0.717) is 6.42 Å². The molecule has 0 aliphatic carbocycles. The van der Waals surface area contributed by atoms with Crippen LogP contribution >= 0.6 is 0 Å². The molecule has 0 heterocycles. The molecular formula is C43H62BO4. The largest absolute Gasteiger partial charge is 0.393 e. The number of aliphatic hydroxyl groups excluding tert-OH is 2. The summed E-state index contributed by atoms with van der Waals surface area (Å²) < 4.78 is 0. The predicted molar refractivity (Wildman–Crippen MR) is 213 cm³/mol. The summed E-state index contributed by atoms with van der Waals surface area (Å²) in [5.41, 5.74) is 4.72. The highest BCUT2D eigenvalue weighted by atomic mass is 16.3. The monoisotopic (exact) mass is 654 g/mol. The molecular weight excluding hydrogens is 591 g/mol. The minimum absolute atomic E-state index is 0.